The maximum Gasteiger partial charge on any atom is 0.264 e. The maximum atomic E-state index is 12.6. The maximum absolute atomic E-state index is 12.6. The highest BCUT2D eigenvalue weighted by molar-refractivity contribution is 9.10. The van der Waals surface area contributed by atoms with Gasteiger partial charge in [-0.1, -0.05) is 54.1 Å². The summed E-state index contributed by atoms with van der Waals surface area (Å²) < 4.78 is 24.4. The van der Waals surface area contributed by atoms with E-state index in [2.05, 4.69) is 26.2 Å². The summed E-state index contributed by atoms with van der Waals surface area (Å²) in [6.07, 6.45) is 1.80. The van der Waals surface area contributed by atoms with Gasteiger partial charge in [-0.15, -0.1) is 0 Å². The van der Waals surface area contributed by atoms with Gasteiger partial charge in [0.1, 0.15) is 13.2 Å². The quantitative estimate of drug-likeness (QED) is 0.164. The first kappa shape index (κ1) is 30.3. The first-order valence-corrected chi connectivity index (χ1v) is 15.3. The van der Waals surface area contributed by atoms with E-state index in [1.165, 1.54) is 11.8 Å². The van der Waals surface area contributed by atoms with Crippen molar-refractivity contribution in [2.45, 2.75) is 27.1 Å². The summed E-state index contributed by atoms with van der Waals surface area (Å²) in [5.41, 5.74) is 4.70. The zero-order chi connectivity index (χ0) is 30.2. The van der Waals surface area contributed by atoms with Gasteiger partial charge in [0.05, 0.1) is 28.8 Å². The molecule has 5 rings (SSSR count). The number of rotatable bonds is 11. The number of methoxy groups -OCH3 is 1. The third-order valence-corrected chi connectivity index (χ3v) is 7.89. The Labute approximate surface area is 264 Å². The van der Waals surface area contributed by atoms with Gasteiger partial charge in [-0.3, -0.25) is 4.79 Å². The van der Waals surface area contributed by atoms with E-state index in [-0.39, 0.29) is 12.5 Å². The topological polar surface area (TPSA) is 78.4 Å². The number of aryl methyl sites for hydroxylation is 1. The van der Waals surface area contributed by atoms with Gasteiger partial charge in [0, 0.05) is 0 Å². The van der Waals surface area contributed by atoms with E-state index in [0.717, 1.165) is 27.9 Å². The molecule has 1 amide bonds. The van der Waals surface area contributed by atoms with Crippen LogP contribution < -0.4 is 24.3 Å². The Balaban J connectivity index is 1.28. The molecule has 4 aromatic rings. The Hall–Kier alpha value is -4.21. The Morgan fingerprint density at radius 1 is 0.860 bits per heavy atom. The highest BCUT2D eigenvalue weighted by Gasteiger charge is 2.24. The molecule has 43 heavy (non-hydrogen) atoms. The van der Waals surface area contributed by atoms with E-state index < -0.39 is 0 Å². The number of benzene rings is 4. The van der Waals surface area contributed by atoms with Gasteiger partial charge in [0.25, 0.3) is 5.91 Å². The molecule has 220 valence electrons. The fraction of sp³-hybridized carbons (Fsp3) is 0.176. The average molecular weight is 660 g/mol. The van der Waals surface area contributed by atoms with Crippen molar-refractivity contribution >= 4 is 50.5 Å². The lowest BCUT2D eigenvalue weighted by molar-refractivity contribution is -0.115. The molecule has 4 aromatic carbocycles. The van der Waals surface area contributed by atoms with Crippen LogP contribution in [0.1, 0.15) is 29.2 Å². The van der Waals surface area contributed by atoms with Crippen LogP contribution in [0.4, 0.5) is 5.69 Å². The van der Waals surface area contributed by atoms with Crippen molar-refractivity contribution in [2.75, 3.05) is 13.7 Å². The van der Waals surface area contributed by atoms with Gasteiger partial charge in [-0.25, -0.2) is 4.99 Å². The molecule has 9 heteroatoms. The summed E-state index contributed by atoms with van der Waals surface area (Å²) in [6.45, 7) is 5.20. The summed E-state index contributed by atoms with van der Waals surface area (Å²) in [4.78, 5) is 17.7. The van der Waals surface area contributed by atoms with Crippen molar-refractivity contribution in [1.82, 2.24) is 5.32 Å². The van der Waals surface area contributed by atoms with Crippen LogP contribution in [0.3, 0.4) is 0 Å². The number of amides is 1. The molecule has 1 heterocycles. The van der Waals surface area contributed by atoms with Crippen LogP contribution in [-0.4, -0.2) is 24.8 Å². The SMILES string of the molecule is CCOc1cc(COc2c(Br)cc(/C=C3/SC(=Nc4ccc(C)cc4)NC3=O)cc2OC)ccc1OCc1ccccc1. The highest BCUT2D eigenvalue weighted by atomic mass is 79.9. The van der Waals surface area contributed by atoms with E-state index in [0.29, 0.717) is 50.8 Å². The second-order valence-electron chi connectivity index (χ2n) is 9.63. The normalized spacial score (nSPS) is 14.6. The number of nitrogens with one attached hydrogen (secondary N) is 1. The summed E-state index contributed by atoms with van der Waals surface area (Å²) in [7, 11) is 1.58. The smallest absolute Gasteiger partial charge is 0.264 e. The van der Waals surface area contributed by atoms with E-state index in [1.807, 2.05) is 98.8 Å². The molecule has 1 fully saturated rings. The third kappa shape index (κ3) is 8.00. The predicted octanol–water partition coefficient (Wildman–Crippen LogP) is 8.21. The van der Waals surface area contributed by atoms with Crippen LogP contribution in [0.5, 0.6) is 23.0 Å². The van der Waals surface area contributed by atoms with Gasteiger partial charge < -0.3 is 24.3 Å². The Kier molecular flexibility index (Phi) is 10.1. The van der Waals surface area contributed by atoms with Crippen molar-refractivity contribution in [2.24, 2.45) is 4.99 Å². The monoisotopic (exact) mass is 658 g/mol. The number of hydrogen-bond acceptors (Lipinski definition) is 7. The molecular weight excluding hydrogens is 628 g/mol. The number of amidine groups is 1. The lowest BCUT2D eigenvalue weighted by Gasteiger charge is -2.16. The summed E-state index contributed by atoms with van der Waals surface area (Å²) in [5, 5.41) is 3.37. The van der Waals surface area contributed by atoms with Crippen LogP contribution in [0.2, 0.25) is 0 Å². The van der Waals surface area contributed by atoms with Crippen molar-refractivity contribution in [3.63, 3.8) is 0 Å². The minimum absolute atomic E-state index is 0.201. The number of carbonyl (C=O) groups is 1. The third-order valence-electron chi connectivity index (χ3n) is 6.39. The van der Waals surface area contributed by atoms with Crippen LogP contribution >= 0.6 is 27.7 Å². The summed E-state index contributed by atoms with van der Waals surface area (Å²) in [6, 6.07) is 27.3. The molecule has 0 aliphatic carbocycles. The second kappa shape index (κ2) is 14.3. The van der Waals surface area contributed by atoms with Crippen molar-refractivity contribution in [3.8, 4) is 23.0 Å². The highest BCUT2D eigenvalue weighted by Crippen LogP contribution is 2.39. The van der Waals surface area contributed by atoms with Gasteiger partial charge in [0.2, 0.25) is 0 Å². The van der Waals surface area contributed by atoms with E-state index in [9.17, 15) is 4.79 Å². The molecule has 1 N–H and O–H groups in total. The summed E-state index contributed by atoms with van der Waals surface area (Å²) in [5.74, 6) is 2.22. The lowest BCUT2D eigenvalue weighted by Crippen LogP contribution is -2.19. The molecule has 1 aliphatic rings. The molecule has 0 spiro atoms. The molecule has 0 atom stereocenters. The van der Waals surface area contributed by atoms with Crippen molar-refractivity contribution < 1.29 is 23.7 Å². The van der Waals surface area contributed by atoms with Gasteiger partial charge in [-0.2, -0.15) is 0 Å². The predicted molar refractivity (Wildman–Crippen MR) is 175 cm³/mol. The fourth-order valence-corrected chi connectivity index (χ4v) is 5.67. The van der Waals surface area contributed by atoms with E-state index in [1.54, 1.807) is 13.2 Å². The molecule has 0 unspecified atom stereocenters. The minimum Gasteiger partial charge on any atom is -0.493 e. The number of halogens is 1. The minimum atomic E-state index is -0.201. The van der Waals surface area contributed by atoms with E-state index in [4.69, 9.17) is 18.9 Å². The average Bonchev–Trinajstić information content (AvgIpc) is 3.35. The van der Waals surface area contributed by atoms with Crippen LogP contribution in [0.25, 0.3) is 6.08 Å². The van der Waals surface area contributed by atoms with Gasteiger partial charge in [0.15, 0.2) is 28.2 Å². The van der Waals surface area contributed by atoms with Gasteiger partial charge in [-0.05, 0) is 101 Å². The number of hydrogen-bond donors (Lipinski definition) is 1. The first-order chi connectivity index (χ1) is 20.9. The zero-order valence-corrected chi connectivity index (χ0v) is 26.5. The summed E-state index contributed by atoms with van der Waals surface area (Å²) >= 11 is 4.92. The van der Waals surface area contributed by atoms with Crippen molar-refractivity contribution in [1.29, 1.82) is 0 Å². The molecule has 0 saturated carbocycles. The number of carbonyl (C=O) groups excluding carboxylic acids is 1. The molecule has 1 saturated heterocycles. The molecule has 0 radical (unpaired) electrons. The molecule has 7 nitrogen and oxygen atoms in total. The van der Waals surface area contributed by atoms with E-state index >= 15 is 0 Å². The first-order valence-electron chi connectivity index (χ1n) is 13.7. The molecular formula is C34H31BrN2O5S. The Bertz CT molecular complexity index is 1660. The Morgan fingerprint density at radius 2 is 1.63 bits per heavy atom. The molecule has 0 aromatic heterocycles. The van der Waals surface area contributed by atoms with Crippen LogP contribution in [0.15, 0.2) is 99.3 Å². The fourth-order valence-electron chi connectivity index (χ4n) is 4.25. The van der Waals surface area contributed by atoms with Gasteiger partial charge >= 0.3 is 0 Å². The van der Waals surface area contributed by atoms with Crippen molar-refractivity contribution in [3.05, 3.63) is 117 Å². The Morgan fingerprint density at radius 3 is 2.37 bits per heavy atom. The van der Waals surface area contributed by atoms with Crippen LogP contribution in [0, 0.1) is 6.92 Å². The standard InChI is InChI=1S/C34H31BrN2O5S/c1-4-40-29-17-24(12-15-28(29)41-20-23-8-6-5-7-9-23)21-42-32-27(35)16-25(18-30(32)39-3)19-31-33(38)37-34(43-31)36-26-13-10-22(2)11-14-26/h5-19H,4,20-21H2,1-3H3,(H,36,37,38)/b31-19+. The number of ether oxygens (including phenoxy) is 4. The second-order valence-corrected chi connectivity index (χ2v) is 11.5. The number of aliphatic imine (C=N–C) groups is 1. The number of thioether (sulfide) groups is 1. The molecule has 0 bridgehead atoms. The largest absolute Gasteiger partial charge is 0.493 e. The van der Waals surface area contributed by atoms with Crippen LogP contribution in [-0.2, 0) is 18.0 Å². The zero-order valence-electron chi connectivity index (χ0n) is 24.1. The lowest BCUT2D eigenvalue weighted by atomic mass is 10.1. The number of nitrogens with zero attached hydrogens (tertiary/aromatic N) is 1. The molecule has 1 aliphatic heterocycles.